The van der Waals surface area contributed by atoms with Gasteiger partial charge in [-0.1, -0.05) is 83.6 Å². The van der Waals surface area contributed by atoms with Crippen LogP contribution in [0, 0.1) is 0 Å². The maximum atomic E-state index is 11.5. The van der Waals surface area contributed by atoms with E-state index in [0.717, 1.165) is 56.9 Å². The van der Waals surface area contributed by atoms with Gasteiger partial charge in [0.15, 0.2) is 0 Å². The predicted octanol–water partition coefficient (Wildman–Crippen LogP) is 5.54. The molecular weight excluding hydrogens is 324 g/mol. The maximum Gasteiger partial charge on any atom is 0.244 e. The third kappa shape index (κ3) is 17.5. The Morgan fingerprint density at radius 1 is 0.654 bits per heavy atom. The number of allylic oxidation sites excluding steroid dienone is 1. The molecule has 0 rings (SSSR count). The van der Waals surface area contributed by atoms with Crippen molar-refractivity contribution in [1.82, 2.24) is 0 Å². The fourth-order valence-electron chi connectivity index (χ4n) is 3.20. The van der Waals surface area contributed by atoms with E-state index in [-0.39, 0.29) is 11.8 Å². The second-order valence-corrected chi connectivity index (χ2v) is 7.44. The van der Waals surface area contributed by atoms with Crippen molar-refractivity contribution in [2.75, 3.05) is 0 Å². The number of carbonyl (C=O) groups is 2. The van der Waals surface area contributed by atoms with Crippen LogP contribution in [0.2, 0.25) is 0 Å². The first kappa shape index (κ1) is 24.7. The van der Waals surface area contributed by atoms with E-state index in [4.69, 9.17) is 11.5 Å². The molecule has 4 N–H and O–H groups in total. The summed E-state index contributed by atoms with van der Waals surface area (Å²) >= 11 is 0. The molecule has 4 nitrogen and oxygen atoms in total. The molecule has 0 heterocycles. The summed E-state index contributed by atoms with van der Waals surface area (Å²) in [6.07, 6.45) is 21.1. The first-order valence-corrected chi connectivity index (χ1v) is 10.8. The van der Waals surface area contributed by atoms with Gasteiger partial charge in [-0.25, -0.2) is 0 Å². The minimum atomic E-state index is -0.251. The Bertz CT molecular complexity index is 392. The Balaban J connectivity index is 3.63. The highest BCUT2D eigenvalue weighted by atomic mass is 16.1. The van der Waals surface area contributed by atoms with Crippen molar-refractivity contribution in [3.63, 3.8) is 0 Å². The largest absolute Gasteiger partial charge is 0.370 e. The SMILES string of the molecule is CCCCCCCCCC=C(CCCCCCCCCC(N)=O)C(N)=O. The molecule has 0 atom stereocenters. The molecule has 0 bridgehead atoms. The number of rotatable bonds is 19. The fourth-order valence-corrected chi connectivity index (χ4v) is 3.20. The maximum absolute atomic E-state index is 11.5. The van der Waals surface area contributed by atoms with Crippen LogP contribution in [-0.4, -0.2) is 11.8 Å². The summed E-state index contributed by atoms with van der Waals surface area (Å²) in [6, 6.07) is 0. The van der Waals surface area contributed by atoms with Crippen molar-refractivity contribution in [2.45, 2.75) is 116 Å². The van der Waals surface area contributed by atoms with Gasteiger partial charge in [-0.15, -0.1) is 0 Å². The van der Waals surface area contributed by atoms with E-state index in [9.17, 15) is 9.59 Å². The molecule has 0 aromatic heterocycles. The molecule has 0 unspecified atom stereocenters. The standard InChI is InChI=1S/C22H42N2O2/c1-2-3-4-5-6-8-11-14-17-20(22(24)26)18-15-12-9-7-10-13-16-19-21(23)25/h17H,2-16,18-19H2,1H3,(H2,23,25)(H2,24,26). The van der Waals surface area contributed by atoms with Crippen LogP contribution in [0.15, 0.2) is 11.6 Å². The van der Waals surface area contributed by atoms with Crippen LogP contribution < -0.4 is 11.5 Å². The first-order chi connectivity index (χ1) is 12.6. The lowest BCUT2D eigenvalue weighted by molar-refractivity contribution is -0.118. The van der Waals surface area contributed by atoms with Gasteiger partial charge in [0.1, 0.15) is 0 Å². The minimum Gasteiger partial charge on any atom is -0.370 e. The molecule has 0 fully saturated rings. The monoisotopic (exact) mass is 366 g/mol. The molecular formula is C22H42N2O2. The second kappa shape index (κ2) is 18.5. The topological polar surface area (TPSA) is 86.2 Å². The van der Waals surface area contributed by atoms with Gasteiger partial charge in [0, 0.05) is 12.0 Å². The summed E-state index contributed by atoms with van der Waals surface area (Å²) in [4.78, 5) is 22.2. The molecule has 152 valence electrons. The molecule has 0 aliphatic heterocycles. The zero-order chi connectivity index (χ0) is 19.5. The van der Waals surface area contributed by atoms with Crippen molar-refractivity contribution < 1.29 is 9.59 Å². The summed E-state index contributed by atoms with van der Waals surface area (Å²) < 4.78 is 0. The van der Waals surface area contributed by atoms with E-state index in [1.54, 1.807) is 0 Å². The van der Waals surface area contributed by atoms with E-state index in [1.165, 1.54) is 51.4 Å². The number of unbranched alkanes of at least 4 members (excludes halogenated alkanes) is 13. The number of primary amides is 2. The average molecular weight is 367 g/mol. The van der Waals surface area contributed by atoms with E-state index in [2.05, 4.69) is 13.0 Å². The molecule has 0 aromatic carbocycles. The van der Waals surface area contributed by atoms with Crippen LogP contribution in [0.3, 0.4) is 0 Å². The van der Waals surface area contributed by atoms with E-state index in [0.29, 0.717) is 6.42 Å². The Morgan fingerprint density at radius 2 is 1.12 bits per heavy atom. The zero-order valence-electron chi connectivity index (χ0n) is 17.1. The molecule has 0 saturated heterocycles. The fraction of sp³-hybridized carbons (Fsp3) is 0.818. The number of hydrogen-bond donors (Lipinski definition) is 2. The lowest BCUT2D eigenvalue weighted by atomic mass is 10.0. The van der Waals surface area contributed by atoms with Gasteiger partial charge in [0.25, 0.3) is 0 Å². The third-order valence-electron chi connectivity index (χ3n) is 4.88. The van der Waals surface area contributed by atoms with Crippen LogP contribution in [0.5, 0.6) is 0 Å². The van der Waals surface area contributed by atoms with Crippen molar-refractivity contribution in [3.8, 4) is 0 Å². The molecule has 0 spiro atoms. The Kier molecular flexibility index (Phi) is 17.5. The average Bonchev–Trinajstić information content (AvgIpc) is 2.60. The molecule has 26 heavy (non-hydrogen) atoms. The van der Waals surface area contributed by atoms with Crippen LogP contribution in [0.4, 0.5) is 0 Å². The van der Waals surface area contributed by atoms with Gasteiger partial charge < -0.3 is 11.5 Å². The number of nitrogens with two attached hydrogens (primary N) is 2. The van der Waals surface area contributed by atoms with E-state index in [1.807, 2.05) is 0 Å². The molecule has 0 aliphatic carbocycles. The summed E-state index contributed by atoms with van der Waals surface area (Å²) in [6.45, 7) is 2.24. The van der Waals surface area contributed by atoms with Crippen molar-refractivity contribution in [3.05, 3.63) is 11.6 Å². The predicted molar refractivity (Wildman–Crippen MR) is 111 cm³/mol. The van der Waals surface area contributed by atoms with Crippen molar-refractivity contribution in [2.24, 2.45) is 11.5 Å². The molecule has 0 aromatic rings. The summed E-state index contributed by atoms with van der Waals surface area (Å²) in [5.41, 5.74) is 11.4. The minimum absolute atomic E-state index is 0.202. The second-order valence-electron chi connectivity index (χ2n) is 7.44. The molecule has 0 saturated carbocycles. The Hall–Kier alpha value is -1.32. The smallest absolute Gasteiger partial charge is 0.244 e. The number of hydrogen-bond acceptors (Lipinski definition) is 2. The normalized spacial score (nSPS) is 11.7. The van der Waals surface area contributed by atoms with E-state index < -0.39 is 0 Å². The molecule has 0 radical (unpaired) electrons. The molecule has 2 amide bonds. The van der Waals surface area contributed by atoms with Gasteiger partial charge in [-0.3, -0.25) is 9.59 Å². The van der Waals surface area contributed by atoms with Gasteiger partial charge >= 0.3 is 0 Å². The van der Waals surface area contributed by atoms with Gasteiger partial charge in [0.05, 0.1) is 0 Å². The highest BCUT2D eigenvalue weighted by Crippen LogP contribution is 2.15. The Morgan fingerprint density at radius 3 is 1.62 bits per heavy atom. The van der Waals surface area contributed by atoms with Gasteiger partial charge in [0.2, 0.25) is 11.8 Å². The third-order valence-corrected chi connectivity index (χ3v) is 4.88. The summed E-state index contributed by atoms with van der Waals surface area (Å²) in [7, 11) is 0. The van der Waals surface area contributed by atoms with E-state index >= 15 is 0 Å². The van der Waals surface area contributed by atoms with Crippen LogP contribution in [-0.2, 0) is 9.59 Å². The number of carbonyl (C=O) groups excluding carboxylic acids is 2. The highest BCUT2D eigenvalue weighted by molar-refractivity contribution is 5.91. The first-order valence-electron chi connectivity index (χ1n) is 10.8. The summed E-state index contributed by atoms with van der Waals surface area (Å²) in [5, 5.41) is 0. The summed E-state index contributed by atoms with van der Waals surface area (Å²) in [5.74, 6) is -0.452. The van der Waals surface area contributed by atoms with Crippen LogP contribution >= 0.6 is 0 Å². The van der Waals surface area contributed by atoms with Gasteiger partial charge in [-0.05, 0) is 32.1 Å². The zero-order valence-corrected chi connectivity index (χ0v) is 17.1. The van der Waals surface area contributed by atoms with Crippen molar-refractivity contribution in [1.29, 1.82) is 0 Å². The lowest BCUT2D eigenvalue weighted by Gasteiger charge is -2.05. The van der Waals surface area contributed by atoms with Crippen LogP contribution in [0.1, 0.15) is 116 Å². The van der Waals surface area contributed by atoms with Crippen LogP contribution in [0.25, 0.3) is 0 Å². The molecule has 0 aliphatic rings. The Labute approximate surface area is 161 Å². The lowest BCUT2D eigenvalue weighted by Crippen LogP contribution is -2.14. The quantitative estimate of drug-likeness (QED) is 0.232. The molecule has 4 heteroatoms. The van der Waals surface area contributed by atoms with Gasteiger partial charge in [-0.2, -0.15) is 0 Å². The van der Waals surface area contributed by atoms with Crippen molar-refractivity contribution >= 4 is 11.8 Å². The number of amides is 2. The highest BCUT2D eigenvalue weighted by Gasteiger charge is 2.04.